The first-order valence-corrected chi connectivity index (χ1v) is 3.93. The van der Waals surface area contributed by atoms with E-state index in [9.17, 15) is 0 Å². The summed E-state index contributed by atoms with van der Waals surface area (Å²) >= 11 is 7.89. The molecule has 1 rings (SSSR count). The largest absolute Gasteiger partial charge is 0.0843 e. The minimum absolute atomic E-state index is 0.750. The van der Waals surface area contributed by atoms with Crippen LogP contribution >= 0.6 is 34.2 Å². The first-order chi connectivity index (χ1) is 4.20. The molecule has 1 radical (unpaired) electrons. The van der Waals surface area contributed by atoms with E-state index >= 15 is 0 Å². The number of rotatable bonds is 0. The van der Waals surface area contributed by atoms with Gasteiger partial charge in [-0.05, 0) is 53.3 Å². The molecule has 0 aliphatic rings. The monoisotopic (exact) mass is 251 g/mol. The lowest BCUT2D eigenvalue weighted by Crippen LogP contribution is -1.76. The van der Waals surface area contributed by atoms with E-state index in [4.69, 9.17) is 11.6 Å². The lowest BCUT2D eigenvalue weighted by molar-refractivity contribution is 1.55. The molecular formula is C7H5ClI. The van der Waals surface area contributed by atoms with Crippen molar-refractivity contribution >= 4 is 34.2 Å². The molecule has 0 N–H and O–H groups in total. The molecule has 0 aromatic heterocycles. The second-order valence-corrected chi connectivity index (χ2v) is 3.33. The molecule has 0 bridgehead atoms. The predicted molar refractivity (Wildman–Crippen MR) is 48.6 cm³/mol. The first-order valence-electron chi connectivity index (χ1n) is 2.47. The fraction of sp³-hybridized carbons (Fsp3) is 0. The zero-order valence-electron chi connectivity index (χ0n) is 4.70. The van der Waals surface area contributed by atoms with Crippen molar-refractivity contribution in [3.8, 4) is 0 Å². The average Bonchev–Trinajstić information content (AvgIpc) is 1.80. The van der Waals surface area contributed by atoms with Crippen LogP contribution in [0.5, 0.6) is 0 Å². The molecule has 2 heteroatoms. The van der Waals surface area contributed by atoms with Gasteiger partial charge in [0.05, 0.1) is 0 Å². The van der Waals surface area contributed by atoms with Gasteiger partial charge >= 0.3 is 0 Å². The van der Waals surface area contributed by atoms with E-state index in [1.165, 1.54) is 0 Å². The zero-order chi connectivity index (χ0) is 6.85. The SMILES string of the molecule is [CH2]c1cc(Cl)ccc1I. The second-order valence-electron chi connectivity index (χ2n) is 1.74. The van der Waals surface area contributed by atoms with Gasteiger partial charge in [-0.1, -0.05) is 11.6 Å². The molecule has 0 fully saturated rings. The lowest BCUT2D eigenvalue weighted by atomic mass is 10.2. The molecule has 0 amide bonds. The van der Waals surface area contributed by atoms with Gasteiger partial charge in [0.1, 0.15) is 0 Å². The molecule has 0 nitrogen and oxygen atoms in total. The smallest absolute Gasteiger partial charge is 0.0409 e. The molecule has 0 unspecified atom stereocenters. The standard InChI is InChI=1S/C7H5ClI/c1-5-4-6(8)2-3-7(5)9/h2-4H,1H2. The van der Waals surface area contributed by atoms with Gasteiger partial charge in [0.25, 0.3) is 0 Å². The second kappa shape index (κ2) is 2.88. The van der Waals surface area contributed by atoms with Crippen molar-refractivity contribution < 1.29 is 0 Å². The molecule has 0 aliphatic carbocycles. The van der Waals surface area contributed by atoms with E-state index in [2.05, 4.69) is 29.5 Å². The maximum absolute atomic E-state index is 5.67. The molecule has 0 saturated carbocycles. The Balaban J connectivity index is 3.17. The Bertz CT molecular complexity index is 220. The van der Waals surface area contributed by atoms with E-state index < -0.39 is 0 Å². The molecule has 1 aromatic carbocycles. The van der Waals surface area contributed by atoms with Crippen LogP contribution in [0.1, 0.15) is 5.56 Å². The third kappa shape index (κ3) is 1.83. The lowest BCUT2D eigenvalue weighted by Gasteiger charge is -1.95. The van der Waals surface area contributed by atoms with E-state index in [-0.39, 0.29) is 0 Å². The highest BCUT2D eigenvalue weighted by molar-refractivity contribution is 14.1. The number of hydrogen-bond acceptors (Lipinski definition) is 0. The summed E-state index contributed by atoms with van der Waals surface area (Å²) in [6.07, 6.45) is 0. The van der Waals surface area contributed by atoms with E-state index in [1.807, 2.05) is 18.2 Å². The highest BCUT2D eigenvalue weighted by Gasteiger charge is 1.92. The Kier molecular flexibility index (Phi) is 2.35. The summed E-state index contributed by atoms with van der Waals surface area (Å²) in [6.45, 7) is 3.79. The number of halogens is 2. The van der Waals surface area contributed by atoms with Crippen molar-refractivity contribution in [2.75, 3.05) is 0 Å². The normalized spacial score (nSPS) is 9.67. The maximum atomic E-state index is 5.67. The fourth-order valence-electron chi connectivity index (χ4n) is 0.543. The average molecular weight is 251 g/mol. The van der Waals surface area contributed by atoms with Crippen LogP contribution in [0, 0.1) is 10.5 Å². The first kappa shape index (κ1) is 7.35. The van der Waals surface area contributed by atoms with Crippen LogP contribution in [0.25, 0.3) is 0 Å². The summed E-state index contributed by atoms with van der Waals surface area (Å²) in [4.78, 5) is 0. The highest BCUT2D eigenvalue weighted by atomic mass is 127. The van der Waals surface area contributed by atoms with Crippen LogP contribution in [0.15, 0.2) is 18.2 Å². The quantitative estimate of drug-likeness (QED) is 0.622. The molecule has 47 valence electrons. The summed E-state index contributed by atoms with van der Waals surface area (Å²) in [5, 5.41) is 0.750. The molecule has 0 aliphatic heterocycles. The van der Waals surface area contributed by atoms with Gasteiger partial charge in [0.2, 0.25) is 0 Å². The van der Waals surface area contributed by atoms with Gasteiger partial charge < -0.3 is 0 Å². The van der Waals surface area contributed by atoms with Gasteiger partial charge in [-0.3, -0.25) is 0 Å². The summed E-state index contributed by atoms with van der Waals surface area (Å²) < 4.78 is 1.15. The summed E-state index contributed by atoms with van der Waals surface area (Å²) in [5.41, 5.74) is 0.989. The van der Waals surface area contributed by atoms with Crippen LogP contribution < -0.4 is 0 Å². The van der Waals surface area contributed by atoms with E-state index in [0.717, 1.165) is 14.2 Å². The molecule has 0 heterocycles. The van der Waals surface area contributed by atoms with Gasteiger partial charge in [-0.15, -0.1) is 0 Å². The minimum Gasteiger partial charge on any atom is -0.0843 e. The molecule has 9 heavy (non-hydrogen) atoms. The van der Waals surface area contributed by atoms with Crippen LogP contribution in [0.4, 0.5) is 0 Å². The van der Waals surface area contributed by atoms with Gasteiger partial charge in [-0.2, -0.15) is 0 Å². The third-order valence-electron chi connectivity index (χ3n) is 1.01. The number of hydrogen-bond donors (Lipinski definition) is 0. The van der Waals surface area contributed by atoms with E-state index in [0.29, 0.717) is 0 Å². The summed E-state index contributed by atoms with van der Waals surface area (Å²) in [6, 6.07) is 5.66. The Hall–Kier alpha value is 0.240. The molecular weight excluding hydrogens is 246 g/mol. The van der Waals surface area contributed by atoms with Crippen LogP contribution in [-0.4, -0.2) is 0 Å². The highest BCUT2D eigenvalue weighted by Crippen LogP contribution is 2.16. The topological polar surface area (TPSA) is 0 Å². The molecule has 0 spiro atoms. The minimum atomic E-state index is 0.750. The maximum Gasteiger partial charge on any atom is 0.0409 e. The Morgan fingerprint density at radius 3 is 2.56 bits per heavy atom. The Morgan fingerprint density at radius 2 is 2.11 bits per heavy atom. The molecule has 1 aromatic rings. The molecule has 0 atom stereocenters. The van der Waals surface area contributed by atoms with Gasteiger partial charge in [0, 0.05) is 8.59 Å². The summed E-state index contributed by atoms with van der Waals surface area (Å²) in [5.74, 6) is 0. The van der Waals surface area contributed by atoms with E-state index in [1.54, 1.807) is 0 Å². The molecule has 0 saturated heterocycles. The predicted octanol–water partition coefficient (Wildman–Crippen LogP) is 3.13. The Labute approximate surface area is 73.4 Å². The third-order valence-corrected chi connectivity index (χ3v) is 2.30. The van der Waals surface area contributed by atoms with Crippen molar-refractivity contribution in [2.45, 2.75) is 0 Å². The van der Waals surface area contributed by atoms with Crippen molar-refractivity contribution in [1.29, 1.82) is 0 Å². The Morgan fingerprint density at radius 1 is 1.44 bits per heavy atom. The fourth-order valence-corrected chi connectivity index (χ4v) is 1.07. The van der Waals surface area contributed by atoms with Gasteiger partial charge in [0.15, 0.2) is 0 Å². The zero-order valence-corrected chi connectivity index (χ0v) is 7.61. The van der Waals surface area contributed by atoms with Gasteiger partial charge in [-0.25, -0.2) is 0 Å². The van der Waals surface area contributed by atoms with Crippen molar-refractivity contribution in [3.05, 3.63) is 39.3 Å². The summed E-state index contributed by atoms with van der Waals surface area (Å²) in [7, 11) is 0. The van der Waals surface area contributed by atoms with Crippen molar-refractivity contribution in [3.63, 3.8) is 0 Å². The van der Waals surface area contributed by atoms with Crippen LogP contribution in [0.2, 0.25) is 5.02 Å². The van der Waals surface area contributed by atoms with Crippen LogP contribution in [-0.2, 0) is 0 Å². The van der Waals surface area contributed by atoms with Crippen LogP contribution in [0.3, 0.4) is 0 Å². The number of benzene rings is 1. The van der Waals surface area contributed by atoms with Crippen molar-refractivity contribution in [2.24, 2.45) is 0 Å². The van der Waals surface area contributed by atoms with Crippen molar-refractivity contribution in [1.82, 2.24) is 0 Å².